The van der Waals surface area contributed by atoms with Crippen LogP contribution in [-0.4, -0.2) is 125 Å². The Balaban J connectivity index is 1.45. The molecule has 7 N–H and O–H groups in total. The standard InChI is InChI=1S/C42H61N7O7/c1-4-48(27-39(52)53)38(51)26-47-24-32-23-33(25-47)49(32)42(56)35(17-11-12-18-43)45-40(54)31(19-28(2)3)22-37(50)36(21-30-15-9-6-10-16-30)46-41(55)34(44)20-29-13-7-5-8-14-29/h5-10,13-16,28,31-36H,4,11-12,17-27,43-44H2,1-3H3,(H,45,54)(H,46,55)(H,52,53). The average Bonchev–Trinajstić information content (AvgIpc) is 3.16. The third-order valence-electron chi connectivity index (χ3n) is 10.7. The zero-order chi connectivity index (χ0) is 40.8. The number of carboxylic acids is 1. The largest absolute Gasteiger partial charge is 0.480 e. The summed E-state index contributed by atoms with van der Waals surface area (Å²) in [5.74, 6) is -3.35. The van der Waals surface area contributed by atoms with Crippen molar-refractivity contribution >= 4 is 35.4 Å². The number of benzene rings is 2. The zero-order valence-electron chi connectivity index (χ0n) is 33.1. The molecular weight excluding hydrogens is 715 g/mol. The number of aliphatic carboxylic acids is 1. The Kier molecular flexibility index (Phi) is 17.0. The van der Waals surface area contributed by atoms with Crippen molar-refractivity contribution < 1.29 is 33.9 Å². The Morgan fingerprint density at radius 3 is 2.00 bits per heavy atom. The van der Waals surface area contributed by atoms with E-state index in [1.54, 1.807) is 6.92 Å². The van der Waals surface area contributed by atoms with Gasteiger partial charge in [-0.1, -0.05) is 74.5 Å². The summed E-state index contributed by atoms with van der Waals surface area (Å²) in [6, 6.07) is 15.9. The number of carbonyl (C=O) groups is 6. The van der Waals surface area contributed by atoms with Crippen LogP contribution in [0.4, 0.5) is 0 Å². The molecule has 6 unspecified atom stereocenters. The van der Waals surface area contributed by atoms with E-state index in [-0.39, 0.29) is 74.0 Å². The minimum Gasteiger partial charge on any atom is -0.480 e. The molecule has 306 valence electrons. The Morgan fingerprint density at radius 1 is 0.857 bits per heavy atom. The summed E-state index contributed by atoms with van der Waals surface area (Å²) in [4.78, 5) is 84.9. The maximum absolute atomic E-state index is 14.2. The summed E-state index contributed by atoms with van der Waals surface area (Å²) >= 11 is 0. The van der Waals surface area contributed by atoms with Crippen molar-refractivity contribution in [2.45, 2.75) is 102 Å². The molecular formula is C42H61N7O7. The molecule has 2 bridgehead atoms. The van der Waals surface area contributed by atoms with Gasteiger partial charge < -0.3 is 37.0 Å². The van der Waals surface area contributed by atoms with Gasteiger partial charge in [-0.25, -0.2) is 0 Å². The lowest BCUT2D eigenvalue weighted by atomic mass is 9.85. The first kappa shape index (κ1) is 44.1. The van der Waals surface area contributed by atoms with E-state index < -0.39 is 35.9 Å². The Labute approximate surface area is 330 Å². The van der Waals surface area contributed by atoms with Gasteiger partial charge in [0, 0.05) is 44.1 Å². The van der Waals surface area contributed by atoms with Gasteiger partial charge in [-0.2, -0.15) is 0 Å². The van der Waals surface area contributed by atoms with Crippen LogP contribution < -0.4 is 22.1 Å². The topological polar surface area (TPSA) is 208 Å². The molecule has 3 fully saturated rings. The highest BCUT2D eigenvalue weighted by atomic mass is 16.4. The van der Waals surface area contributed by atoms with Crippen LogP contribution in [0.25, 0.3) is 0 Å². The van der Waals surface area contributed by atoms with E-state index in [0.717, 1.165) is 17.5 Å². The van der Waals surface area contributed by atoms with Crippen molar-refractivity contribution in [1.82, 2.24) is 25.3 Å². The van der Waals surface area contributed by atoms with Gasteiger partial charge in [0.25, 0.3) is 0 Å². The molecule has 2 aromatic rings. The van der Waals surface area contributed by atoms with Crippen LogP contribution in [0.1, 0.15) is 70.4 Å². The maximum Gasteiger partial charge on any atom is 0.323 e. The summed E-state index contributed by atoms with van der Waals surface area (Å²) in [5, 5.41) is 15.1. The van der Waals surface area contributed by atoms with Crippen LogP contribution in [0.2, 0.25) is 0 Å². The molecule has 3 aliphatic rings. The first-order valence-electron chi connectivity index (χ1n) is 20.0. The highest BCUT2D eigenvalue weighted by Crippen LogP contribution is 2.33. The van der Waals surface area contributed by atoms with Crippen molar-refractivity contribution in [2.24, 2.45) is 23.3 Å². The molecule has 14 nitrogen and oxygen atoms in total. The second kappa shape index (κ2) is 21.6. The van der Waals surface area contributed by atoms with E-state index in [1.165, 1.54) is 4.90 Å². The van der Waals surface area contributed by atoms with Gasteiger partial charge in [-0.3, -0.25) is 33.7 Å². The van der Waals surface area contributed by atoms with E-state index in [0.29, 0.717) is 51.7 Å². The number of rotatable bonds is 23. The van der Waals surface area contributed by atoms with Gasteiger partial charge in [-0.05, 0) is 75.5 Å². The van der Waals surface area contributed by atoms with Crippen LogP contribution in [-0.2, 0) is 41.6 Å². The van der Waals surface area contributed by atoms with Gasteiger partial charge in [0.1, 0.15) is 12.6 Å². The summed E-state index contributed by atoms with van der Waals surface area (Å²) < 4.78 is 0. The SMILES string of the molecule is CCN(CC(=O)O)C(=O)CN1CC2CC(C1)N2C(=O)C(CCCCN)NC(=O)C(CC(=O)C(Cc1ccccc1)NC(=O)C(N)Cc1ccccc1)CC(C)C. The first-order valence-corrected chi connectivity index (χ1v) is 20.0. The fraction of sp³-hybridized carbons (Fsp3) is 0.571. The third-order valence-corrected chi connectivity index (χ3v) is 10.7. The minimum absolute atomic E-state index is 0.0639. The molecule has 2 aromatic carbocycles. The van der Waals surface area contributed by atoms with Crippen LogP contribution in [0.5, 0.6) is 0 Å². The number of piperidine rings is 1. The fourth-order valence-electron chi connectivity index (χ4n) is 7.81. The molecule has 6 atom stereocenters. The summed E-state index contributed by atoms with van der Waals surface area (Å²) in [5.41, 5.74) is 13.8. The Morgan fingerprint density at radius 2 is 1.45 bits per heavy atom. The number of carboxylic acid groups (broad SMARTS) is 1. The first-order chi connectivity index (χ1) is 26.8. The lowest BCUT2D eigenvalue weighted by Gasteiger charge is -2.57. The number of nitrogens with two attached hydrogens (primary N) is 2. The van der Waals surface area contributed by atoms with Crippen LogP contribution in [0.3, 0.4) is 0 Å². The molecule has 3 saturated heterocycles. The van der Waals surface area contributed by atoms with Crippen LogP contribution >= 0.6 is 0 Å². The predicted octanol–water partition coefficient (Wildman–Crippen LogP) is 1.74. The number of amides is 4. The smallest absolute Gasteiger partial charge is 0.323 e. The molecule has 3 aliphatic heterocycles. The molecule has 3 heterocycles. The predicted molar refractivity (Wildman–Crippen MR) is 213 cm³/mol. The zero-order valence-corrected chi connectivity index (χ0v) is 33.1. The van der Waals surface area contributed by atoms with Crippen molar-refractivity contribution in [3.8, 4) is 0 Å². The number of piperazine rings is 1. The number of hydrogen-bond acceptors (Lipinski definition) is 9. The fourth-order valence-corrected chi connectivity index (χ4v) is 7.81. The van der Waals surface area contributed by atoms with Gasteiger partial charge in [0.05, 0.1) is 18.6 Å². The number of fused-ring (bicyclic) bond motifs is 2. The number of likely N-dealkylation sites (N-methyl/N-ethyl adjacent to an activating group) is 1. The summed E-state index contributed by atoms with van der Waals surface area (Å²) in [7, 11) is 0. The van der Waals surface area contributed by atoms with E-state index in [2.05, 4.69) is 10.6 Å². The molecule has 0 aromatic heterocycles. The van der Waals surface area contributed by atoms with Crippen molar-refractivity contribution in [3.05, 3.63) is 71.8 Å². The van der Waals surface area contributed by atoms with Gasteiger partial charge in [0.15, 0.2) is 5.78 Å². The molecule has 14 heteroatoms. The van der Waals surface area contributed by atoms with E-state index >= 15 is 0 Å². The highest BCUT2D eigenvalue weighted by Gasteiger charge is 2.49. The number of hydrogen-bond donors (Lipinski definition) is 5. The van der Waals surface area contributed by atoms with Crippen molar-refractivity contribution in [3.63, 3.8) is 0 Å². The summed E-state index contributed by atoms with van der Waals surface area (Å²) in [6.07, 6.45) is 3.26. The van der Waals surface area contributed by atoms with E-state index in [1.807, 2.05) is 84.3 Å². The Hall–Kier alpha value is -4.66. The monoisotopic (exact) mass is 775 g/mol. The Bertz CT molecular complexity index is 1610. The second-order valence-corrected chi connectivity index (χ2v) is 15.7. The van der Waals surface area contributed by atoms with Gasteiger partial charge >= 0.3 is 5.97 Å². The van der Waals surface area contributed by atoms with Crippen molar-refractivity contribution in [1.29, 1.82) is 0 Å². The number of carbonyl (C=O) groups excluding carboxylic acids is 5. The van der Waals surface area contributed by atoms with Crippen LogP contribution in [0, 0.1) is 11.8 Å². The normalized spacial score (nSPS) is 18.6. The molecule has 4 amide bonds. The van der Waals surface area contributed by atoms with Gasteiger partial charge in [-0.15, -0.1) is 0 Å². The molecule has 0 saturated carbocycles. The number of Topliss-reactive ketones (excluding diaryl/α,β-unsaturated/α-hetero) is 1. The minimum atomic E-state index is -1.07. The highest BCUT2D eigenvalue weighted by molar-refractivity contribution is 5.95. The van der Waals surface area contributed by atoms with E-state index in [9.17, 15) is 33.9 Å². The number of ketones is 1. The van der Waals surface area contributed by atoms with Gasteiger partial charge in [0.2, 0.25) is 23.6 Å². The summed E-state index contributed by atoms with van der Waals surface area (Å²) in [6.45, 7) is 7.06. The van der Waals surface area contributed by atoms with Crippen LogP contribution in [0.15, 0.2) is 60.7 Å². The molecule has 0 spiro atoms. The van der Waals surface area contributed by atoms with E-state index in [4.69, 9.17) is 11.5 Å². The number of unbranched alkanes of at least 4 members (excludes halogenated alkanes) is 1. The van der Waals surface area contributed by atoms with Crippen molar-refractivity contribution in [2.75, 3.05) is 39.3 Å². The lowest BCUT2D eigenvalue weighted by molar-refractivity contribution is -0.159. The molecule has 0 radical (unpaired) electrons. The molecule has 56 heavy (non-hydrogen) atoms. The molecule has 5 rings (SSSR count). The third kappa shape index (κ3) is 13.0. The maximum atomic E-state index is 14.2. The number of nitrogens with zero attached hydrogens (tertiary/aromatic N) is 3. The number of nitrogens with one attached hydrogen (secondary N) is 2. The second-order valence-electron chi connectivity index (χ2n) is 15.7. The quantitative estimate of drug-likeness (QED) is 0.103. The lowest BCUT2D eigenvalue weighted by Crippen LogP contribution is -2.72. The average molecular weight is 776 g/mol. The molecule has 0 aliphatic carbocycles.